The molecule has 0 aliphatic heterocycles. The first-order chi connectivity index (χ1) is 6.91. The molecule has 0 bridgehead atoms. The van der Waals surface area contributed by atoms with Crippen molar-refractivity contribution in [3.05, 3.63) is 21.3 Å². The third kappa shape index (κ3) is 2.32. The Bertz CT molecular complexity index is 354. The van der Waals surface area contributed by atoms with Crippen LogP contribution in [0.1, 0.15) is 30.6 Å². The standard InChI is InChI=1S/C10H12ClF2NS/c11-7-5-8(15-6-7)9(14)1-3-10(12,13)4-2-9/h5-6H,1-4,14H2. The van der Waals surface area contributed by atoms with Crippen LogP contribution in [0.3, 0.4) is 0 Å². The van der Waals surface area contributed by atoms with Gasteiger partial charge in [0, 0.05) is 23.1 Å². The predicted octanol–water partition coefficient (Wildman–Crippen LogP) is 3.76. The normalized spacial score (nSPS) is 24.0. The molecule has 0 radical (unpaired) electrons. The van der Waals surface area contributed by atoms with Crippen LogP contribution in [0.5, 0.6) is 0 Å². The minimum Gasteiger partial charge on any atom is -0.321 e. The summed E-state index contributed by atoms with van der Waals surface area (Å²) in [4.78, 5) is 0.919. The number of alkyl halides is 2. The maximum Gasteiger partial charge on any atom is 0.248 e. The van der Waals surface area contributed by atoms with Gasteiger partial charge in [-0.15, -0.1) is 11.3 Å². The van der Waals surface area contributed by atoms with E-state index in [-0.39, 0.29) is 12.8 Å². The monoisotopic (exact) mass is 251 g/mol. The highest BCUT2D eigenvalue weighted by Crippen LogP contribution is 2.44. The van der Waals surface area contributed by atoms with E-state index >= 15 is 0 Å². The van der Waals surface area contributed by atoms with Crippen LogP contribution in [0.25, 0.3) is 0 Å². The number of hydrogen-bond acceptors (Lipinski definition) is 2. The Kier molecular flexibility index (Phi) is 2.77. The second kappa shape index (κ2) is 3.68. The smallest absolute Gasteiger partial charge is 0.248 e. The molecular formula is C10H12ClF2NS. The van der Waals surface area contributed by atoms with Gasteiger partial charge >= 0.3 is 0 Å². The third-order valence-electron chi connectivity index (χ3n) is 2.93. The molecule has 1 aromatic heterocycles. The van der Waals surface area contributed by atoms with E-state index < -0.39 is 11.5 Å². The molecule has 0 atom stereocenters. The molecule has 1 heterocycles. The van der Waals surface area contributed by atoms with E-state index in [1.807, 2.05) is 0 Å². The first-order valence-corrected chi connectivity index (χ1v) is 6.08. The molecule has 0 unspecified atom stereocenters. The summed E-state index contributed by atoms with van der Waals surface area (Å²) in [7, 11) is 0. The van der Waals surface area contributed by atoms with Crippen LogP contribution in [0.4, 0.5) is 8.78 Å². The molecule has 15 heavy (non-hydrogen) atoms. The van der Waals surface area contributed by atoms with Gasteiger partial charge in [-0.3, -0.25) is 0 Å². The largest absolute Gasteiger partial charge is 0.321 e. The van der Waals surface area contributed by atoms with Crippen molar-refractivity contribution in [3.8, 4) is 0 Å². The van der Waals surface area contributed by atoms with Crippen molar-refractivity contribution in [1.82, 2.24) is 0 Å². The molecule has 0 saturated heterocycles. The van der Waals surface area contributed by atoms with Gasteiger partial charge in [0.1, 0.15) is 0 Å². The molecule has 1 nitrogen and oxygen atoms in total. The Hall–Kier alpha value is -0.190. The summed E-state index contributed by atoms with van der Waals surface area (Å²) in [5, 5.41) is 2.43. The minimum absolute atomic E-state index is 0.126. The molecule has 0 amide bonds. The molecule has 84 valence electrons. The third-order valence-corrected chi connectivity index (χ3v) is 4.43. The van der Waals surface area contributed by atoms with Crippen molar-refractivity contribution >= 4 is 22.9 Å². The lowest BCUT2D eigenvalue weighted by Crippen LogP contribution is -2.42. The Morgan fingerprint density at radius 2 is 1.87 bits per heavy atom. The highest BCUT2D eigenvalue weighted by atomic mass is 35.5. The average molecular weight is 252 g/mol. The minimum atomic E-state index is -2.54. The van der Waals surface area contributed by atoms with E-state index in [0.29, 0.717) is 17.9 Å². The molecule has 5 heteroatoms. The number of halogens is 3. The lowest BCUT2D eigenvalue weighted by atomic mass is 9.80. The molecule has 1 fully saturated rings. The lowest BCUT2D eigenvalue weighted by Gasteiger charge is -2.36. The van der Waals surface area contributed by atoms with Gasteiger partial charge in [0.25, 0.3) is 0 Å². The topological polar surface area (TPSA) is 26.0 Å². The molecular weight excluding hydrogens is 240 g/mol. The zero-order valence-corrected chi connectivity index (χ0v) is 9.68. The van der Waals surface area contributed by atoms with Crippen LogP contribution in [-0.4, -0.2) is 5.92 Å². The number of hydrogen-bond donors (Lipinski definition) is 1. The van der Waals surface area contributed by atoms with Crippen LogP contribution in [0.2, 0.25) is 5.02 Å². The summed E-state index contributed by atoms with van der Waals surface area (Å²) in [5.41, 5.74) is 5.54. The van der Waals surface area contributed by atoms with Gasteiger partial charge in [-0.25, -0.2) is 8.78 Å². The summed E-state index contributed by atoms with van der Waals surface area (Å²) in [6.45, 7) is 0. The fourth-order valence-electron chi connectivity index (χ4n) is 1.88. The zero-order valence-electron chi connectivity index (χ0n) is 8.10. The Labute approximate surface area is 96.2 Å². The van der Waals surface area contributed by atoms with Gasteiger partial charge in [0.2, 0.25) is 5.92 Å². The molecule has 1 aliphatic rings. The maximum atomic E-state index is 13.0. The summed E-state index contributed by atoms with van der Waals surface area (Å²) in [6.07, 6.45) is 0.408. The molecule has 2 N–H and O–H groups in total. The number of nitrogens with two attached hydrogens (primary N) is 1. The number of rotatable bonds is 1. The second-order valence-electron chi connectivity index (χ2n) is 4.14. The van der Waals surface area contributed by atoms with Crippen molar-refractivity contribution in [3.63, 3.8) is 0 Å². The van der Waals surface area contributed by atoms with E-state index in [0.717, 1.165) is 4.88 Å². The highest BCUT2D eigenvalue weighted by Gasteiger charge is 2.42. The van der Waals surface area contributed by atoms with E-state index in [1.165, 1.54) is 11.3 Å². The van der Waals surface area contributed by atoms with Crippen molar-refractivity contribution in [2.75, 3.05) is 0 Å². The Morgan fingerprint density at radius 1 is 1.27 bits per heavy atom. The molecule has 1 aromatic rings. The summed E-state index contributed by atoms with van der Waals surface area (Å²) in [5.74, 6) is -2.54. The molecule has 1 aliphatic carbocycles. The van der Waals surface area contributed by atoms with E-state index in [1.54, 1.807) is 11.4 Å². The van der Waals surface area contributed by atoms with Gasteiger partial charge in [0.15, 0.2) is 0 Å². The van der Waals surface area contributed by atoms with E-state index in [9.17, 15) is 8.78 Å². The number of thiophene rings is 1. The summed E-state index contributed by atoms with van der Waals surface area (Å²) in [6, 6.07) is 1.79. The maximum absolute atomic E-state index is 13.0. The van der Waals surface area contributed by atoms with Crippen LogP contribution >= 0.6 is 22.9 Å². The van der Waals surface area contributed by atoms with Gasteiger partial charge < -0.3 is 5.73 Å². The van der Waals surface area contributed by atoms with Gasteiger partial charge in [-0.2, -0.15) is 0 Å². The fourth-order valence-corrected chi connectivity index (χ4v) is 3.13. The van der Waals surface area contributed by atoms with Crippen molar-refractivity contribution in [2.45, 2.75) is 37.1 Å². The lowest BCUT2D eigenvalue weighted by molar-refractivity contribution is -0.0509. The van der Waals surface area contributed by atoms with Crippen LogP contribution in [0.15, 0.2) is 11.4 Å². The SMILES string of the molecule is NC1(c2cc(Cl)cs2)CCC(F)(F)CC1. The summed E-state index contributed by atoms with van der Waals surface area (Å²) < 4.78 is 26.0. The molecule has 0 aromatic carbocycles. The van der Waals surface area contributed by atoms with Crippen molar-refractivity contribution in [2.24, 2.45) is 5.73 Å². The summed E-state index contributed by atoms with van der Waals surface area (Å²) >= 11 is 7.26. The van der Waals surface area contributed by atoms with Crippen molar-refractivity contribution in [1.29, 1.82) is 0 Å². The van der Waals surface area contributed by atoms with Gasteiger partial charge in [-0.05, 0) is 18.9 Å². The quantitative estimate of drug-likeness (QED) is 0.808. The Balaban J connectivity index is 2.16. The highest BCUT2D eigenvalue weighted by molar-refractivity contribution is 7.10. The average Bonchev–Trinajstić information content (AvgIpc) is 2.59. The zero-order chi connectivity index (χ0) is 11.1. The van der Waals surface area contributed by atoms with Crippen LogP contribution in [0, 0.1) is 0 Å². The molecule has 2 rings (SSSR count). The predicted molar refractivity (Wildman–Crippen MR) is 58.6 cm³/mol. The van der Waals surface area contributed by atoms with Crippen LogP contribution < -0.4 is 5.73 Å². The Morgan fingerprint density at radius 3 is 2.33 bits per heavy atom. The first-order valence-electron chi connectivity index (χ1n) is 4.83. The fraction of sp³-hybridized carbons (Fsp3) is 0.600. The first kappa shape index (κ1) is 11.3. The van der Waals surface area contributed by atoms with Gasteiger partial charge in [0.05, 0.1) is 10.6 Å². The molecule has 1 saturated carbocycles. The second-order valence-corrected chi connectivity index (χ2v) is 5.49. The van der Waals surface area contributed by atoms with E-state index in [4.69, 9.17) is 17.3 Å². The van der Waals surface area contributed by atoms with E-state index in [2.05, 4.69) is 0 Å². The van der Waals surface area contributed by atoms with Crippen molar-refractivity contribution < 1.29 is 8.78 Å². The van der Waals surface area contributed by atoms with Gasteiger partial charge in [-0.1, -0.05) is 11.6 Å². The van der Waals surface area contributed by atoms with Crippen LogP contribution in [-0.2, 0) is 5.54 Å². The molecule has 0 spiro atoms.